The Kier molecular flexibility index (Phi) is 4.73. The fourth-order valence-electron chi connectivity index (χ4n) is 3.59. The van der Waals surface area contributed by atoms with Crippen molar-refractivity contribution >= 4 is 32.8 Å². The Hall–Kier alpha value is -2.62. The number of furan rings is 1. The maximum Gasteiger partial charge on any atom is 0.237 e. The van der Waals surface area contributed by atoms with E-state index in [9.17, 15) is 4.79 Å². The van der Waals surface area contributed by atoms with Crippen molar-refractivity contribution in [2.45, 2.75) is 31.3 Å². The van der Waals surface area contributed by atoms with Crippen LogP contribution in [0.2, 0.25) is 0 Å². The van der Waals surface area contributed by atoms with Gasteiger partial charge in [-0.2, -0.15) is 5.26 Å². The molecule has 0 fully saturated rings. The summed E-state index contributed by atoms with van der Waals surface area (Å²) in [6.07, 6.45) is 2.01. The lowest BCUT2D eigenvalue weighted by molar-refractivity contribution is -0.123. The predicted octanol–water partition coefficient (Wildman–Crippen LogP) is 3.74. The van der Waals surface area contributed by atoms with E-state index in [1.807, 2.05) is 36.4 Å². The van der Waals surface area contributed by atoms with Gasteiger partial charge in [0.25, 0.3) is 0 Å². The van der Waals surface area contributed by atoms with Crippen LogP contribution in [0, 0.1) is 11.3 Å². The molecule has 0 aliphatic heterocycles. The van der Waals surface area contributed by atoms with Gasteiger partial charge in [0.2, 0.25) is 5.91 Å². The highest BCUT2D eigenvalue weighted by Crippen LogP contribution is 2.32. The van der Waals surface area contributed by atoms with Crippen LogP contribution in [-0.4, -0.2) is 11.9 Å². The predicted molar refractivity (Wildman–Crippen MR) is 106 cm³/mol. The number of hydrogen-bond acceptors (Lipinski definition) is 4. The summed E-state index contributed by atoms with van der Waals surface area (Å²) in [5.41, 5.74) is 9.74. The Labute approximate surface area is 165 Å². The van der Waals surface area contributed by atoms with Crippen LogP contribution in [0.1, 0.15) is 34.9 Å². The molecule has 0 bridgehead atoms. The van der Waals surface area contributed by atoms with Gasteiger partial charge in [-0.3, -0.25) is 4.79 Å². The lowest BCUT2D eigenvalue weighted by Crippen LogP contribution is -2.43. The van der Waals surface area contributed by atoms with Crippen LogP contribution in [0.4, 0.5) is 0 Å². The van der Waals surface area contributed by atoms with E-state index in [1.54, 1.807) is 6.07 Å². The SMILES string of the molecule is N#Cc1ccc2c(c1)CCC2NC(=O)C(N)Cc1cc2cc(Br)ccc2o1. The molecule has 1 aliphatic carbocycles. The molecule has 0 radical (unpaired) electrons. The largest absolute Gasteiger partial charge is 0.461 e. The second-order valence-corrected chi connectivity index (χ2v) is 7.75. The van der Waals surface area contributed by atoms with E-state index >= 15 is 0 Å². The number of nitrogens with two attached hydrogens (primary N) is 1. The Morgan fingerprint density at radius 2 is 2.19 bits per heavy atom. The molecule has 2 aromatic carbocycles. The Balaban J connectivity index is 1.43. The first kappa shape index (κ1) is 17.8. The molecular formula is C21H18BrN3O2. The minimum atomic E-state index is -0.684. The number of aryl methyl sites for hydroxylation is 1. The van der Waals surface area contributed by atoms with E-state index < -0.39 is 6.04 Å². The standard InChI is InChI=1S/C21H18BrN3O2/c22-15-3-6-20-14(8-15)9-16(27-20)10-18(24)21(26)25-19-5-2-13-7-12(11-23)1-4-17(13)19/h1,3-4,6-9,18-19H,2,5,10,24H2,(H,25,26). The van der Waals surface area contributed by atoms with E-state index in [0.717, 1.165) is 39.4 Å². The first-order valence-electron chi connectivity index (χ1n) is 8.80. The minimum Gasteiger partial charge on any atom is -0.461 e. The monoisotopic (exact) mass is 423 g/mol. The molecule has 1 aliphatic rings. The minimum absolute atomic E-state index is 0.0575. The molecule has 2 atom stereocenters. The summed E-state index contributed by atoms with van der Waals surface area (Å²) < 4.78 is 6.76. The second kappa shape index (κ2) is 7.18. The molecule has 3 N–H and O–H groups in total. The number of nitriles is 1. The summed E-state index contributed by atoms with van der Waals surface area (Å²) in [6, 6.07) is 14.7. The highest BCUT2D eigenvalue weighted by Gasteiger charge is 2.26. The van der Waals surface area contributed by atoms with Crippen molar-refractivity contribution < 1.29 is 9.21 Å². The van der Waals surface area contributed by atoms with Crippen molar-refractivity contribution in [3.63, 3.8) is 0 Å². The molecule has 1 heterocycles. The van der Waals surface area contributed by atoms with Gasteiger partial charge >= 0.3 is 0 Å². The maximum atomic E-state index is 12.6. The molecule has 1 amide bonds. The van der Waals surface area contributed by atoms with E-state index in [0.29, 0.717) is 17.7 Å². The van der Waals surface area contributed by atoms with Gasteiger partial charge in [-0.05, 0) is 60.4 Å². The number of fused-ring (bicyclic) bond motifs is 2. The number of benzene rings is 2. The van der Waals surface area contributed by atoms with Crippen molar-refractivity contribution in [1.82, 2.24) is 5.32 Å². The van der Waals surface area contributed by atoms with Gasteiger partial charge < -0.3 is 15.5 Å². The highest BCUT2D eigenvalue weighted by molar-refractivity contribution is 9.10. The Morgan fingerprint density at radius 3 is 3.00 bits per heavy atom. The highest BCUT2D eigenvalue weighted by atomic mass is 79.9. The molecule has 2 unspecified atom stereocenters. The number of hydrogen-bond donors (Lipinski definition) is 2. The lowest BCUT2D eigenvalue weighted by atomic mass is 10.0. The smallest absolute Gasteiger partial charge is 0.237 e. The lowest BCUT2D eigenvalue weighted by Gasteiger charge is -2.17. The van der Waals surface area contributed by atoms with Crippen LogP contribution in [-0.2, 0) is 17.6 Å². The molecule has 27 heavy (non-hydrogen) atoms. The van der Waals surface area contributed by atoms with Crippen LogP contribution in [0.15, 0.2) is 51.4 Å². The van der Waals surface area contributed by atoms with Crippen molar-refractivity contribution in [3.05, 3.63) is 69.4 Å². The summed E-state index contributed by atoms with van der Waals surface area (Å²) in [4.78, 5) is 12.6. The van der Waals surface area contributed by atoms with Gasteiger partial charge in [0.15, 0.2) is 0 Å². The second-order valence-electron chi connectivity index (χ2n) is 6.83. The quantitative estimate of drug-likeness (QED) is 0.668. The molecule has 5 nitrogen and oxygen atoms in total. The molecule has 6 heteroatoms. The zero-order valence-corrected chi connectivity index (χ0v) is 16.1. The van der Waals surface area contributed by atoms with Crippen molar-refractivity contribution in [2.24, 2.45) is 5.73 Å². The third-order valence-corrected chi connectivity index (χ3v) is 5.45. The van der Waals surface area contributed by atoms with E-state index in [-0.39, 0.29) is 11.9 Å². The van der Waals surface area contributed by atoms with Gasteiger partial charge in [0.05, 0.1) is 23.7 Å². The summed E-state index contributed by atoms with van der Waals surface area (Å²) >= 11 is 3.44. The van der Waals surface area contributed by atoms with E-state index in [4.69, 9.17) is 15.4 Å². The summed E-state index contributed by atoms with van der Waals surface area (Å²) in [6.45, 7) is 0. The van der Waals surface area contributed by atoms with Crippen molar-refractivity contribution in [3.8, 4) is 6.07 Å². The van der Waals surface area contributed by atoms with Gasteiger partial charge in [-0.25, -0.2) is 0 Å². The summed E-state index contributed by atoms with van der Waals surface area (Å²) in [5.74, 6) is 0.495. The molecule has 4 rings (SSSR count). The van der Waals surface area contributed by atoms with Gasteiger partial charge in [-0.15, -0.1) is 0 Å². The first-order valence-corrected chi connectivity index (χ1v) is 9.59. The Morgan fingerprint density at radius 1 is 1.33 bits per heavy atom. The zero-order chi connectivity index (χ0) is 19.0. The van der Waals surface area contributed by atoms with Crippen LogP contribution in [0.3, 0.4) is 0 Å². The molecule has 0 spiro atoms. The van der Waals surface area contributed by atoms with E-state index in [2.05, 4.69) is 27.3 Å². The van der Waals surface area contributed by atoms with Crippen LogP contribution >= 0.6 is 15.9 Å². The first-order chi connectivity index (χ1) is 13.0. The average molecular weight is 424 g/mol. The van der Waals surface area contributed by atoms with Crippen molar-refractivity contribution in [1.29, 1.82) is 5.26 Å². The molecular weight excluding hydrogens is 406 g/mol. The van der Waals surface area contributed by atoms with Crippen molar-refractivity contribution in [2.75, 3.05) is 0 Å². The number of rotatable bonds is 4. The number of nitrogens with zero attached hydrogens (tertiary/aromatic N) is 1. The van der Waals surface area contributed by atoms with Gasteiger partial charge in [-0.1, -0.05) is 22.0 Å². The topological polar surface area (TPSA) is 92.0 Å². The van der Waals surface area contributed by atoms with Crippen LogP contribution in [0.5, 0.6) is 0 Å². The number of nitrogens with one attached hydrogen (secondary N) is 1. The number of carbonyl (C=O) groups is 1. The molecule has 3 aromatic rings. The van der Waals surface area contributed by atoms with Gasteiger partial charge in [0, 0.05) is 16.3 Å². The molecule has 0 saturated heterocycles. The number of amides is 1. The number of carbonyl (C=O) groups excluding carboxylic acids is 1. The molecule has 136 valence electrons. The average Bonchev–Trinajstić information content (AvgIpc) is 3.24. The van der Waals surface area contributed by atoms with E-state index in [1.165, 1.54) is 0 Å². The fraction of sp³-hybridized carbons (Fsp3) is 0.238. The normalized spacial score (nSPS) is 16.7. The maximum absolute atomic E-state index is 12.6. The third kappa shape index (κ3) is 3.61. The summed E-state index contributed by atoms with van der Waals surface area (Å²) in [5, 5.41) is 13.0. The zero-order valence-electron chi connectivity index (χ0n) is 14.5. The van der Waals surface area contributed by atoms with Gasteiger partial charge in [0.1, 0.15) is 11.3 Å². The third-order valence-electron chi connectivity index (χ3n) is 4.95. The fourth-order valence-corrected chi connectivity index (χ4v) is 3.97. The summed E-state index contributed by atoms with van der Waals surface area (Å²) in [7, 11) is 0. The molecule has 0 saturated carbocycles. The molecule has 1 aromatic heterocycles. The number of halogens is 1. The Bertz CT molecular complexity index is 1070. The van der Waals surface area contributed by atoms with Crippen LogP contribution in [0.25, 0.3) is 11.0 Å². The van der Waals surface area contributed by atoms with Crippen LogP contribution < -0.4 is 11.1 Å².